The summed E-state index contributed by atoms with van der Waals surface area (Å²) in [5.74, 6) is 0.707. The normalized spacial score (nSPS) is 11.1. The number of hydrogen-bond donors (Lipinski definition) is 2. The Bertz CT molecular complexity index is 897. The topological polar surface area (TPSA) is 54.2 Å². The zero-order valence-electron chi connectivity index (χ0n) is 13.7. The van der Waals surface area contributed by atoms with Gasteiger partial charge in [-0.1, -0.05) is 12.6 Å². The SMILES string of the molecule is C=C(/C=C\SC)c1cnc2c(Nc3cccc(NC)c3)nccn12. The maximum atomic E-state index is 4.51. The highest BCUT2D eigenvalue weighted by atomic mass is 32.2. The average molecular weight is 337 g/mol. The fraction of sp³-hybridized carbons (Fsp3) is 0.111. The Balaban J connectivity index is 1.96. The number of anilines is 3. The van der Waals surface area contributed by atoms with Gasteiger partial charge in [0.25, 0.3) is 0 Å². The first-order valence-electron chi connectivity index (χ1n) is 7.48. The molecule has 0 radical (unpaired) electrons. The molecule has 0 fully saturated rings. The maximum absolute atomic E-state index is 4.51. The van der Waals surface area contributed by atoms with Crippen LogP contribution in [0.5, 0.6) is 0 Å². The fourth-order valence-corrected chi connectivity index (χ4v) is 2.67. The van der Waals surface area contributed by atoms with Crippen LogP contribution >= 0.6 is 11.8 Å². The van der Waals surface area contributed by atoms with Crippen molar-refractivity contribution in [3.63, 3.8) is 0 Å². The third-order valence-electron chi connectivity index (χ3n) is 3.58. The van der Waals surface area contributed by atoms with Crippen LogP contribution in [0, 0.1) is 0 Å². The number of benzene rings is 1. The number of thioether (sulfide) groups is 1. The predicted molar refractivity (Wildman–Crippen MR) is 104 cm³/mol. The van der Waals surface area contributed by atoms with Gasteiger partial charge in [0.2, 0.25) is 0 Å². The number of fused-ring (bicyclic) bond motifs is 1. The monoisotopic (exact) mass is 337 g/mol. The minimum Gasteiger partial charge on any atom is -0.388 e. The summed E-state index contributed by atoms with van der Waals surface area (Å²) in [5, 5.41) is 8.46. The zero-order valence-corrected chi connectivity index (χ0v) is 14.5. The molecule has 0 atom stereocenters. The molecule has 3 rings (SSSR count). The quantitative estimate of drug-likeness (QED) is 0.653. The Morgan fingerprint density at radius 1 is 1.29 bits per heavy atom. The van der Waals surface area contributed by atoms with Crippen molar-refractivity contribution < 1.29 is 0 Å². The highest BCUT2D eigenvalue weighted by Gasteiger charge is 2.10. The van der Waals surface area contributed by atoms with Gasteiger partial charge in [0.1, 0.15) is 0 Å². The van der Waals surface area contributed by atoms with Gasteiger partial charge in [-0.05, 0) is 41.5 Å². The molecule has 3 aromatic rings. The van der Waals surface area contributed by atoms with E-state index in [4.69, 9.17) is 0 Å². The predicted octanol–water partition coefficient (Wildman–Crippen LogP) is 4.40. The summed E-state index contributed by atoms with van der Waals surface area (Å²) in [6.45, 7) is 4.11. The molecule has 24 heavy (non-hydrogen) atoms. The van der Waals surface area contributed by atoms with Gasteiger partial charge in [-0.3, -0.25) is 4.40 Å². The first-order chi connectivity index (χ1) is 11.7. The maximum Gasteiger partial charge on any atom is 0.180 e. The summed E-state index contributed by atoms with van der Waals surface area (Å²) in [6, 6.07) is 8.01. The van der Waals surface area contributed by atoms with Crippen molar-refractivity contribution in [2.45, 2.75) is 0 Å². The third-order valence-corrected chi connectivity index (χ3v) is 3.98. The van der Waals surface area contributed by atoms with Crippen molar-refractivity contribution in [1.29, 1.82) is 0 Å². The molecule has 122 valence electrons. The molecule has 2 aromatic heterocycles. The number of aromatic nitrogens is 3. The van der Waals surface area contributed by atoms with Crippen LogP contribution in [0.1, 0.15) is 5.69 Å². The Kier molecular flexibility index (Phi) is 4.86. The molecule has 0 aliphatic rings. The van der Waals surface area contributed by atoms with Crippen molar-refractivity contribution in [3.8, 4) is 0 Å². The molecule has 6 heteroatoms. The molecule has 0 aliphatic heterocycles. The molecule has 0 saturated heterocycles. The number of rotatable bonds is 6. The van der Waals surface area contributed by atoms with E-state index < -0.39 is 0 Å². The van der Waals surface area contributed by atoms with E-state index in [2.05, 4.69) is 27.2 Å². The number of hydrogen-bond acceptors (Lipinski definition) is 5. The van der Waals surface area contributed by atoms with Gasteiger partial charge < -0.3 is 10.6 Å². The lowest BCUT2D eigenvalue weighted by Crippen LogP contribution is -1.99. The Morgan fingerprint density at radius 3 is 2.92 bits per heavy atom. The molecule has 0 unspecified atom stereocenters. The van der Waals surface area contributed by atoms with E-state index in [0.717, 1.165) is 28.3 Å². The second kappa shape index (κ2) is 7.23. The van der Waals surface area contributed by atoms with Crippen LogP contribution in [0.15, 0.2) is 60.9 Å². The van der Waals surface area contributed by atoms with Crippen LogP contribution in [0.2, 0.25) is 0 Å². The Labute approximate surface area is 145 Å². The highest BCUT2D eigenvalue weighted by Crippen LogP contribution is 2.24. The summed E-state index contributed by atoms with van der Waals surface area (Å²) < 4.78 is 1.99. The summed E-state index contributed by atoms with van der Waals surface area (Å²) >= 11 is 1.64. The lowest BCUT2D eigenvalue weighted by atomic mass is 10.2. The third kappa shape index (κ3) is 3.28. The molecule has 0 saturated carbocycles. The Morgan fingerprint density at radius 2 is 2.12 bits per heavy atom. The summed E-state index contributed by atoms with van der Waals surface area (Å²) in [5.41, 5.74) is 4.61. The number of nitrogens with zero attached hydrogens (tertiary/aromatic N) is 3. The minimum absolute atomic E-state index is 0.707. The smallest absolute Gasteiger partial charge is 0.180 e. The van der Waals surface area contributed by atoms with Crippen molar-refractivity contribution >= 4 is 40.2 Å². The second-order valence-corrected chi connectivity index (χ2v) is 5.88. The molecule has 2 heterocycles. The van der Waals surface area contributed by atoms with E-state index in [1.165, 1.54) is 0 Å². The van der Waals surface area contributed by atoms with Crippen LogP contribution in [0.25, 0.3) is 11.2 Å². The average Bonchev–Trinajstić information content (AvgIpc) is 3.05. The molecular formula is C18H19N5S. The van der Waals surface area contributed by atoms with E-state index in [0.29, 0.717) is 5.82 Å². The fourth-order valence-electron chi connectivity index (χ4n) is 2.37. The molecular weight excluding hydrogens is 318 g/mol. The zero-order chi connectivity index (χ0) is 16.9. The second-order valence-electron chi connectivity index (χ2n) is 5.13. The van der Waals surface area contributed by atoms with Crippen LogP contribution in [0.4, 0.5) is 17.2 Å². The molecule has 2 N–H and O–H groups in total. The van der Waals surface area contributed by atoms with Gasteiger partial charge in [-0.25, -0.2) is 9.97 Å². The van der Waals surface area contributed by atoms with Crippen molar-refractivity contribution in [2.75, 3.05) is 23.9 Å². The van der Waals surface area contributed by atoms with Gasteiger partial charge in [-0.15, -0.1) is 11.8 Å². The van der Waals surface area contributed by atoms with Gasteiger partial charge in [-0.2, -0.15) is 0 Å². The largest absolute Gasteiger partial charge is 0.388 e. The van der Waals surface area contributed by atoms with Crippen LogP contribution in [0.3, 0.4) is 0 Å². The van der Waals surface area contributed by atoms with Crippen molar-refractivity contribution in [3.05, 3.63) is 66.6 Å². The molecule has 0 aliphatic carbocycles. The van der Waals surface area contributed by atoms with E-state index in [1.807, 2.05) is 65.8 Å². The summed E-state index contributed by atoms with van der Waals surface area (Å²) in [6.07, 6.45) is 9.47. The van der Waals surface area contributed by atoms with E-state index in [-0.39, 0.29) is 0 Å². The molecule has 0 amide bonds. The minimum atomic E-state index is 0.707. The summed E-state index contributed by atoms with van der Waals surface area (Å²) in [4.78, 5) is 8.93. The number of nitrogens with one attached hydrogen (secondary N) is 2. The molecule has 1 aromatic carbocycles. The first-order valence-corrected chi connectivity index (χ1v) is 8.77. The number of imidazole rings is 1. The van der Waals surface area contributed by atoms with Crippen molar-refractivity contribution in [2.24, 2.45) is 0 Å². The lowest BCUT2D eigenvalue weighted by Gasteiger charge is -2.09. The van der Waals surface area contributed by atoms with Crippen LogP contribution < -0.4 is 10.6 Å². The summed E-state index contributed by atoms with van der Waals surface area (Å²) in [7, 11) is 1.90. The number of allylic oxidation sites excluding steroid dienone is 2. The van der Waals surface area contributed by atoms with Gasteiger partial charge >= 0.3 is 0 Å². The van der Waals surface area contributed by atoms with E-state index >= 15 is 0 Å². The van der Waals surface area contributed by atoms with E-state index in [9.17, 15) is 0 Å². The first kappa shape index (κ1) is 16.1. The highest BCUT2D eigenvalue weighted by molar-refractivity contribution is 8.01. The van der Waals surface area contributed by atoms with Gasteiger partial charge in [0, 0.05) is 30.8 Å². The molecule has 0 bridgehead atoms. The standard InChI is InChI=1S/C18H19N5S/c1-13(7-10-24-3)16-12-21-18-17(20-8-9-23(16)18)22-15-6-4-5-14(11-15)19-2/h4-12,19H,1H2,2-3H3,(H,20,22)/b10-7-. The van der Waals surface area contributed by atoms with Crippen LogP contribution in [-0.4, -0.2) is 27.7 Å². The van der Waals surface area contributed by atoms with Gasteiger partial charge in [0.05, 0.1) is 11.9 Å². The van der Waals surface area contributed by atoms with Crippen LogP contribution in [-0.2, 0) is 0 Å². The van der Waals surface area contributed by atoms with Gasteiger partial charge in [0.15, 0.2) is 11.5 Å². The Hall–Kier alpha value is -2.73. The molecule has 5 nitrogen and oxygen atoms in total. The molecule has 0 spiro atoms. The van der Waals surface area contributed by atoms with E-state index in [1.54, 1.807) is 18.0 Å². The van der Waals surface area contributed by atoms with Crippen molar-refractivity contribution in [1.82, 2.24) is 14.4 Å². The lowest BCUT2D eigenvalue weighted by molar-refractivity contribution is 1.11.